The minimum absolute atomic E-state index is 0.456. The van der Waals surface area contributed by atoms with Crippen LogP contribution in [0.15, 0.2) is 0 Å². The van der Waals surface area contributed by atoms with E-state index in [1.165, 1.54) is 0 Å². The first-order valence-corrected chi connectivity index (χ1v) is 5.06. The number of likely N-dealkylation sites (N-methyl/N-ethyl adjacent to an activating group) is 1. The number of hydrogen-bond acceptors (Lipinski definition) is 3. The maximum Gasteiger partial charge on any atom is 0.470 e. The van der Waals surface area contributed by atoms with Gasteiger partial charge < -0.3 is 14.7 Å². The van der Waals surface area contributed by atoms with Crippen molar-refractivity contribution in [1.29, 1.82) is 0 Å². The molecule has 0 amide bonds. The fraction of sp³-hybridized carbons (Fsp3) is 1.00. The zero-order valence-corrected chi connectivity index (χ0v) is 8.71. The van der Waals surface area contributed by atoms with Crippen LogP contribution in [0.25, 0.3) is 0 Å². The van der Waals surface area contributed by atoms with Crippen molar-refractivity contribution < 1.29 is 18.9 Å². The van der Waals surface area contributed by atoms with Crippen molar-refractivity contribution in [3.63, 3.8) is 0 Å². The van der Waals surface area contributed by atoms with Gasteiger partial charge in [-0.3, -0.25) is 4.52 Å². The lowest BCUT2D eigenvalue weighted by Crippen LogP contribution is -2.36. The summed E-state index contributed by atoms with van der Waals surface area (Å²) in [7, 11) is -0.750. The van der Waals surface area contributed by atoms with E-state index in [-0.39, 0.29) is 0 Å². The van der Waals surface area contributed by atoms with Gasteiger partial charge in [0.05, 0.1) is 5.60 Å². The first-order chi connectivity index (χ1) is 5.12. The minimum atomic E-state index is -4.37. The van der Waals surface area contributed by atoms with Gasteiger partial charge in [-0.25, -0.2) is 4.57 Å². The van der Waals surface area contributed by atoms with Gasteiger partial charge in [-0.15, -0.1) is 0 Å². The number of rotatable bonds is 4. The predicted molar refractivity (Wildman–Crippen MR) is 45.8 cm³/mol. The van der Waals surface area contributed by atoms with E-state index in [0.29, 0.717) is 6.54 Å². The van der Waals surface area contributed by atoms with Gasteiger partial charge in [0.25, 0.3) is 0 Å². The van der Waals surface area contributed by atoms with Gasteiger partial charge in [0, 0.05) is 6.54 Å². The highest BCUT2D eigenvalue weighted by molar-refractivity contribution is 7.46. The predicted octanol–water partition coefficient (Wildman–Crippen LogP) is 0.436. The molecule has 0 saturated heterocycles. The van der Waals surface area contributed by atoms with Crippen molar-refractivity contribution >= 4 is 7.82 Å². The van der Waals surface area contributed by atoms with E-state index in [9.17, 15) is 4.57 Å². The van der Waals surface area contributed by atoms with Crippen LogP contribution >= 0.6 is 7.82 Å². The molecule has 0 aliphatic carbocycles. The van der Waals surface area contributed by atoms with Crippen LogP contribution in [-0.2, 0) is 9.09 Å². The molecule has 0 unspecified atom stereocenters. The van der Waals surface area contributed by atoms with E-state index in [2.05, 4.69) is 4.52 Å². The van der Waals surface area contributed by atoms with Crippen LogP contribution in [0.1, 0.15) is 13.8 Å². The molecule has 74 valence electrons. The molecule has 0 bridgehead atoms. The molecular weight excluding hydrogens is 181 g/mol. The normalized spacial score (nSPS) is 13.9. The summed E-state index contributed by atoms with van der Waals surface area (Å²) in [5, 5.41) is 0. The smallest absolute Gasteiger partial charge is 0.307 e. The molecule has 0 radical (unpaired) electrons. The van der Waals surface area contributed by atoms with Gasteiger partial charge in [-0.05, 0) is 27.9 Å². The Labute approximate surface area is 72.6 Å². The Balaban J connectivity index is 4.14. The van der Waals surface area contributed by atoms with Crippen LogP contribution in [0.2, 0.25) is 0 Å². The molecule has 12 heavy (non-hydrogen) atoms. The van der Waals surface area contributed by atoms with E-state index < -0.39 is 13.4 Å². The van der Waals surface area contributed by atoms with Crippen LogP contribution in [-0.4, -0.2) is 40.9 Å². The molecule has 0 fully saturated rings. The largest absolute Gasteiger partial charge is 0.470 e. The first-order valence-electron chi connectivity index (χ1n) is 3.53. The van der Waals surface area contributed by atoms with Crippen LogP contribution < -0.4 is 0 Å². The third-order valence-electron chi connectivity index (χ3n) is 1.06. The Morgan fingerprint density at radius 1 is 1.42 bits per heavy atom. The second-order valence-corrected chi connectivity index (χ2v) is 4.74. The van der Waals surface area contributed by atoms with Crippen molar-refractivity contribution in [2.24, 2.45) is 0 Å². The summed E-state index contributed by atoms with van der Waals surface area (Å²) in [5.74, 6) is 0. The average molecular weight is 197 g/mol. The third-order valence-corrected chi connectivity index (χ3v) is 1.80. The minimum Gasteiger partial charge on any atom is -0.307 e. The van der Waals surface area contributed by atoms with E-state index in [1.807, 2.05) is 14.1 Å². The first kappa shape index (κ1) is 12.1. The molecule has 0 aromatic carbocycles. The summed E-state index contributed by atoms with van der Waals surface area (Å²) < 4.78 is 15.0. The summed E-state index contributed by atoms with van der Waals surface area (Å²) in [6.07, 6.45) is 0. The van der Waals surface area contributed by atoms with Crippen LogP contribution in [0.4, 0.5) is 0 Å². The third kappa shape index (κ3) is 6.76. The lowest BCUT2D eigenvalue weighted by Gasteiger charge is -2.28. The van der Waals surface area contributed by atoms with Crippen molar-refractivity contribution in [3.05, 3.63) is 0 Å². The average Bonchev–Trinajstić information content (AvgIpc) is 1.48. The molecule has 0 aromatic heterocycles. The second kappa shape index (κ2) is 3.85. The molecule has 0 rings (SSSR count). The summed E-state index contributed by atoms with van der Waals surface area (Å²) >= 11 is 0. The zero-order chi connectivity index (χ0) is 9.99. The Bertz CT molecular complexity index is 186. The maximum absolute atomic E-state index is 10.5. The molecule has 2 N–H and O–H groups in total. The molecule has 0 atom stereocenters. The molecule has 0 heterocycles. The van der Waals surface area contributed by atoms with Crippen molar-refractivity contribution in [2.75, 3.05) is 20.6 Å². The Morgan fingerprint density at radius 3 is 2.08 bits per heavy atom. The van der Waals surface area contributed by atoms with Crippen molar-refractivity contribution in [1.82, 2.24) is 4.90 Å². The van der Waals surface area contributed by atoms with Crippen LogP contribution in [0.3, 0.4) is 0 Å². The van der Waals surface area contributed by atoms with E-state index >= 15 is 0 Å². The van der Waals surface area contributed by atoms with Crippen LogP contribution in [0.5, 0.6) is 0 Å². The van der Waals surface area contributed by atoms with Gasteiger partial charge in [-0.2, -0.15) is 0 Å². The number of phosphoric ester groups is 1. The Kier molecular flexibility index (Phi) is 3.87. The molecule has 0 saturated carbocycles. The molecule has 0 aliphatic rings. The summed E-state index contributed by atoms with van der Waals surface area (Å²) in [4.78, 5) is 18.9. The van der Waals surface area contributed by atoms with Crippen molar-refractivity contribution in [2.45, 2.75) is 19.4 Å². The topological polar surface area (TPSA) is 70.0 Å². The monoisotopic (exact) mass is 197 g/mol. The van der Waals surface area contributed by atoms with Gasteiger partial charge in [0.2, 0.25) is 0 Å². The zero-order valence-electron chi connectivity index (χ0n) is 7.81. The summed E-state index contributed by atoms with van der Waals surface area (Å²) in [6, 6.07) is 0. The maximum atomic E-state index is 10.5. The van der Waals surface area contributed by atoms with Gasteiger partial charge >= 0.3 is 7.82 Å². The standard InChI is InChI=1S/C6H16NO4P/c1-6(2,5-7(3)4)11-12(8,9)10/h5H2,1-4H3,(H2,8,9,10). The van der Waals surface area contributed by atoms with Crippen molar-refractivity contribution in [3.8, 4) is 0 Å². The van der Waals surface area contributed by atoms with E-state index in [1.54, 1.807) is 18.7 Å². The lowest BCUT2D eigenvalue weighted by molar-refractivity contribution is 0.0434. The fourth-order valence-electron chi connectivity index (χ4n) is 1.11. The van der Waals surface area contributed by atoms with Gasteiger partial charge in [0.1, 0.15) is 0 Å². The Hall–Kier alpha value is 0.0700. The number of hydrogen-bond donors (Lipinski definition) is 2. The highest BCUT2D eigenvalue weighted by Crippen LogP contribution is 2.41. The number of phosphoric acid groups is 1. The van der Waals surface area contributed by atoms with Gasteiger partial charge in [0.15, 0.2) is 0 Å². The number of nitrogens with zero attached hydrogens (tertiary/aromatic N) is 1. The molecule has 0 spiro atoms. The van der Waals surface area contributed by atoms with Crippen LogP contribution in [0, 0.1) is 0 Å². The summed E-state index contributed by atoms with van der Waals surface area (Å²) in [6.45, 7) is 3.72. The molecule has 0 aliphatic heterocycles. The highest BCUT2D eigenvalue weighted by atomic mass is 31.2. The molecule has 6 heteroatoms. The highest BCUT2D eigenvalue weighted by Gasteiger charge is 2.29. The van der Waals surface area contributed by atoms with E-state index in [4.69, 9.17) is 9.79 Å². The summed E-state index contributed by atoms with van der Waals surface area (Å²) in [5.41, 5.74) is -0.831. The second-order valence-electron chi connectivity index (χ2n) is 3.58. The molecule has 0 aromatic rings. The molecule has 5 nitrogen and oxygen atoms in total. The quantitative estimate of drug-likeness (QED) is 0.640. The Morgan fingerprint density at radius 2 is 1.83 bits per heavy atom. The van der Waals surface area contributed by atoms with E-state index in [0.717, 1.165) is 0 Å². The lowest BCUT2D eigenvalue weighted by atomic mass is 10.1. The fourth-order valence-corrected chi connectivity index (χ4v) is 1.81. The SMILES string of the molecule is CN(C)CC(C)(C)OP(=O)(O)O. The van der Waals surface area contributed by atoms with Gasteiger partial charge in [-0.1, -0.05) is 0 Å². The molecular formula is C6H16NO4P.